The molecule has 2 N–H and O–H groups in total. The van der Waals surface area contributed by atoms with E-state index in [1.165, 1.54) is 25.7 Å². The van der Waals surface area contributed by atoms with Gasteiger partial charge in [-0.1, -0.05) is 33.1 Å². The summed E-state index contributed by atoms with van der Waals surface area (Å²) in [6.45, 7) is 9.86. The summed E-state index contributed by atoms with van der Waals surface area (Å²) in [4.78, 5) is 4.42. The number of unbranched alkanes of at least 4 members (excludes halogenated alkanes) is 1. The highest BCUT2D eigenvalue weighted by molar-refractivity contribution is 5.53. The van der Waals surface area contributed by atoms with Gasteiger partial charge >= 0.3 is 0 Å². The highest BCUT2D eigenvalue weighted by atomic mass is 16.5. The molecule has 0 saturated heterocycles. The first kappa shape index (κ1) is 16.0. The van der Waals surface area contributed by atoms with Gasteiger partial charge < -0.3 is 10.5 Å². The van der Waals surface area contributed by atoms with E-state index in [0.29, 0.717) is 12.5 Å². The van der Waals surface area contributed by atoms with Crippen LogP contribution in [0.5, 0.6) is 0 Å². The molecule has 108 valence electrons. The Morgan fingerprint density at radius 2 is 2.05 bits per heavy atom. The molecule has 19 heavy (non-hydrogen) atoms. The number of aryl methyl sites for hydroxylation is 1. The largest absolute Gasteiger partial charge is 0.398 e. The van der Waals surface area contributed by atoms with Crippen LogP contribution in [-0.4, -0.2) is 11.6 Å². The molecule has 0 aliphatic heterocycles. The molecule has 1 aromatic heterocycles. The SMILES string of the molecule is CCCCC(CC)COCc1ncc(C)c(N)c1C. The maximum Gasteiger partial charge on any atom is 0.0891 e. The molecule has 3 nitrogen and oxygen atoms in total. The van der Waals surface area contributed by atoms with Crippen molar-refractivity contribution in [2.24, 2.45) is 5.92 Å². The molecule has 0 spiro atoms. The fourth-order valence-corrected chi connectivity index (χ4v) is 2.16. The van der Waals surface area contributed by atoms with Crippen LogP contribution in [0.15, 0.2) is 6.20 Å². The Bertz CT molecular complexity index is 391. The van der Waals surface area contributed by atoms with Crippen molar-refractivity contribution in [3.63, 3.8) is 0 Å². The first-order chi connectivity index (χ1) is 9.10. The monoisotopic (exact) mass is 264 g/mol. The van der Waals surface area contributed by atoms with Gasteiger partial charge in [-0.3, -0.25) is 4.98 Å². The molecule has 0 aromatic carbocycles. The van der Waals surface area contributed by atoms with Gasteiger partial charge in [-0.2, -0.15) is 0 Å². The first-order valence-corrected chi connectivity index (χ1v) is 7.38. The van der Waals surface area contributed by atoms with Gasteiger partial charge in [0.1, 0.15) is 0 Å². The third kappa shape index (κ3) is 4.83. The Morgan fingerprint density at radius 3 is 2.68 bits per heavy atom. The normalized spacial score (nSPS) is 12.6. The van der Waals surface area contributed by atoms with Crippen LogP contribution in [0.3, 0.4) is 0 Å². The molecule has 1 rings (SSSR count). The second-order valence-electron chi connectivity index (χ2n) is 5.36. The van der Waals surface area contributed by atoms with Crippen LogP contribution >= 0.6 is 0 Å². The molecule has 1 unspecified atom stereocenters. The van der Waals surface area contributed by atoms with E-state index in [2.05, 4.69) is 18.8 Å². The fraction of sp³-hybridized carbons (Fsp3) is 0.688. The number of hydrogen-bond acceptors (Lipinski definition) is 3. The van der Waals surface area contributed by atoms with Crippen LogP contribution in [0.25, 0.3) is 0 Å². The number of aromatic nitrogens is 1. The molecule has 1 aromatic rings. The third-order valence-electron chi connectivity index (χ3n) is 3.81. The van der Waals surface area contributed by atoms with Crippen molar-refractivity contribution in [2.75, 3.05) is 12.3 Å². The second kappa shape index (κ2) is 8.16. The van der Waals surface area contributed by atoms with E-state index in [9.17, 15) is 0 Å². The smallest absolute Gasteiger partial charge is 0.0891 e. The average molecular weight is 264 g/mol. The minimum absolute atomic E-state index is 0.568. The summed E-state index contributed by atoms with van der Waals surface area (Å²) >= 11 is 0. The summed E-state index contributed by atoms with van der Waals surface area (Å²) in [5.41, 5.74) is 9.91. The molecule has 0 amide bonds. The van der Waals surface area contributed by atoms with Gasteiger partial charge in [0.05, 0.1) is 12.3 Å². The van der Waals surface area contributed by atoms with Gasteiger partial charge in [-0.05, 0) is 37.3 Å². The van der Waals surface area contributed by atoms with E-state index in [0.717, 1.165) is 29.1 Å². The van der Waals surface area contributed by atoms with Crippen molar-refractivity contribution in [3.05, 3.63) is 23.0 Å². The summed E-state index contributed by atoms with van der Waals surface area (Å²) in [6, 6.07) is 0. The lowest BCUT2D eigenvalue weighted by Crippen LogP contribution is -2.10. The Kier molecular flexibility index (Phi) is 6.85. The van der Waals surface area contributed by atoms with Crippen LogP contribution < -0.4 is 5.73 Å². The number of nitrogens with two attached hydrogens (primary N) is 1. The number of hydrogen-bond donors (Lipinski definition) is 1. The van der Waals surface area contributed by atoms with Crippen molar-refractivity contribution in [2.45, 2.75) is 60.0 Å². The second-order valence-corrected chi connectivity index (χ2v) is 5.36. The molecular formula is C16H28N2O. The van der Waals surface area contributed by atoms with E-state index in [1.807, 2.05) is 20.0 Å². The maximum atomic E-state index is 6.01. The number of rotatable bonds is 8. The molecule has 0 bridgehead atoms. The summed E-state index contributed by atoms with van der Waals surface area (Å²) in [5, 5.41) is 0. The van der Waals surface area contributed by atoms with Crippen LogP contribution in [0.4, 0.5) is 5.69 Å². The maximum absolute atomic E-state index is 6.01. The van der Waals surface area contributed by atoms with E-state index < -0.39 is 0 Å². The molecule has 1 heterocycles. The molecule has 0 radical (unpaired) electrons. The standard InChI is InChI=1S/C16H28N2O/c1-5-7-8-14(6-2)10-19-11-15-13(4)16(17)12(3)9-18-15/h9,14H,5-8,10-11H2,1-4H3,(H2,17,18). The number of nitrogen functional groups attached to an aromatic ring is 1. The van der Waals surface area contributed by atoms with Gasteiger partial charge in [-0.15, -0.1) is 0 Å². The molecule has 0 saturated carbocycles. The van der Waals surface area contributed by atoms with Gasteiger partial charge in [0.15, 0.2) is 0 Å². The number of nitrogens with zero attached hydrogens (tertiary/aromatic N) is 1. The van der Waals surface area contributed by atoms with Gasteiger partial charge in [0.2, 0.25) is 0 Å². The molecule has 0 aliphatic carbocycles. The highest BCUT2D eigenvalue weighted by Crippen LogP contribution is 2.19. The van der Waals surface area contributed by atoms with E-state index in [4.69, 9.17) is 10.5 Å². The highest BCUT2D eigenvalue weighted by Gasteiger charge is 2.09. The fourth-order valence-electron chi connectivity index (χ4n) is 2.16. The van der Waals surface area contributed by atoms with Crippen LogP contribution in [-0.2, 0) is 11.3 Å². The predicted molar refractivity (Wildman–Crippen MR) is 81.1 cm³/mol. The van der Waals surface area contributed by atoms with Gasteiger partial charge in [-0.25, -0.2) is 0 Å². The summed E-state index contributed by atoms with van der Waals surface area (Å²) in [7, 11) is 0. The topological polar surface area (TPSA) is 48.1 Å². The number of pyridine rings is 1. The zero-order valence-electron chi connectivity index (χ0n) is 12.8. The molecular weight excluding hydrogens is 236 g/mol. The lowest BCUT2D eigenvalue weighted by molar-refractivity contribution is 0.0796. The first-order valence-electron chi connectivity index (χ1n) is 7.38. The lowest BCUT2D eigenvalue weighted by atomic mass is 10.0. The average Bonchev–Trinajstić information content (AvgIpc) is 2.42. The van der Waals surface area contributed by atoms with Crippen molar-refractivity contribution < 1.29 is 4.74 Å². The minimum Gasteiger partial charge on any atom is -0.398 e. The molecule has 0 fully saturated rings. The summed E-state index contributed by atoms with van der Waals surface area (Å²) < 4.78 is 5.83. The van der Waals surface area contributed by atoms with Crippen LogP contribution in [0.1, 0.15) is 56.4 Å². The Balaban J connectivity index is 2.46. The third-order valence-corrected chi connectivity index (χ3v) is 3.81. The van der Waals surface area contributed by atoms with Crippen molar-refractivity contribution in [1.82, 2.24) is 4.98 Å². The number of anilines is 1. The summed E-state index contributed by atoms with van der Waals surface area (Å²) in [6.07, 6.45) is 6.82. The van der Waals surface area contributed by atoms with Crippen molar-refractivity contribution in [3.8, 4) is 0 Å². The zero-order chi connectivity index (χ0) is 14.3. The quantitative estimate of drug-likeness (QED) is 0.771. The zero-order valence-corrected chi connectivity index (χ0v) is 12.8. The van der Waals surface area contributed by atoms with E-state index in [1.54, 1.807) is 0 Å². The molecule has 0 aliphatic rings. The Morgan fingerprint density at radius 1 is 1.32 bits per heavy atom. The van der Waals surface area contributed by atoms with Crippen LogP contribution in [0, 0.1) is 19.8 Å². The van der Waals surface area contributed by atoms with Crippen LogP contribution in [0.2, 0.25) is 0 Å². The molecule has 3 heteroatoms. The molecule has 1 atom stereocenters. The minimum atomic E-state index is 0.568. The van der Waals surface area contributed by atoms with Gasteiger partial charge in [0, 0.05) is 18.5 Å². The lowest BCUT2D eigenvalue weighted by Gasteiger charge is -2.15. The van der Waals surface area contributed by atoms with Crippen molar-refractivity contribution in [1.29, 1.82) is 0 Å². The Labute approximate surface area is 117 Å². The van der Waals surface area contributed by atoms with Gasteiger partial charge in [0.25, 0.3) is 0 Å². The predicted octanol–water partition coefficient (Wildman–Crippen LogP) is 4.01. The van der Waals surface area contributed by atoms with Crippen molar-refractivity contribution >= 4 is 5.69 Å². The Hall–Kier alpha value is -1.09. The van der Waals surface area contributed by atoms with E-state index in [-0.39, 0.29) is 0 Å². The number of ether oxygens (including phenoxy) is 1. The van der Waals surface area contributed by atoms with E-state index >= 15 is 0 Å². The summed E-state index contributed by atoms with van der Waals surface area (Å²) in [5.74, 6) is 0.669.